The Labute approximate surface area is 312 Å². The molecular formula is C46H48IrP2-2. The summed E-state index contributed by atoms with van der Waals surface area (Å²) >= 11 is 0. The molecule has 1 radical (unpaired) electrons. The number of hydrogen-bond acceptors (Lipinski definition) is 0. The summed E-state index contributed by atoms with van der Waals surface area (Å²) in [6.07, 6.45) is 7.77. The van der Waals surface area contributed by atoms with Gasteiger partial charge in [0.1, 0.15) is 0 Å². The van der Waals surface area contributed by atoms with Gasteiger partial charge in [-0.1, -0.05) is 207 Å². The molecule has 49 heavy (non-hydrogen) atoms. The fraction of sp³-hybridized carbons (Fsp3) is 0.0870. The number of rotatable bonds is 10. The second kappa shape index (κ2) is 26.2. The normalized spacial score (nSPS) is 9.71. The zero-order valence-electron chi connectivity index (χ0n) is 28.4. The minimum Gasteiger partial charge on any atom is -0.343 e. The van der Waals surface area contributed by atoms with E-state index in [1.807, 2.05) is 12.2 Å². The first kappa shape index (κ1) is 41.5. The van der Waals surface area contributed by atoms with E-state index in [0.717, 1.165) is 25.7 Å². The Hall–Kier alpha value is -3.69. The van der Waals surface area contributed by atoms with E-state index in [-0.39, 0.29) is 20.1 Å². The van der Waals surface area contributed by atoms with Crippen LogP contribution in [-0.2, 0) is 20.1 Å². The minimum absolute atomic E-state index is 0. The molecule has 0 heterocycles. The van der Waals surface area contributed by atoms with E-state index in [2.05, 4.69) is 209 Å². The van der Waals surface area contributed by atoms with Gasteiger partial charge in [-0.25, -0.2) is 0 Å². The van der Waals surface area contributed by atoms with Crippen molar-refractivity contribution >= 4 is 47.7 Å². The van der Waals surface area contributed by atoms with Gasteiger partial charge in [0.05, 0.1) is 0 Å². The fourth-order valence-corrected chi connectivity index (χ4v) is 9.26. The molecule has 0 saturated heterocycles. The topological polar surface area (TPSA) is 0 Å². The Bertz CT molecular complexity index is 1330. The van der Waals surface area contributed by atoms with E-state index in [0.29, 0.717) is 0 Å². The average Bonchev–Trinajstić information content (AvgIpc) is 3.16. The van der Waals surface area contributed by atoms with Crippen LogP contribution in [0.4, 0.5) is 0 Å². The van der Waals surface area contributed by atoms with Crippen LogP contribution in [0.25, 0.3) is 0 Å². The van der Waals surface area contributed by atoms with E-state index >= 15 is 0 Å². The molecule has 0 aromatic heterocycles. The van der Waals surface area contributed by atoms with Crippen molar-refractivity contribution in [3.63, 3.8) is 0 Å². The standard InChI is InChI=1S/2C18H15P.2C5H9.Ir/c2*1-4-10-16(11-5-1)19(17-12-6-2-7-13-17)18-14-8-3-9-15-18;2*1-3-5-4-2;/h2*1-15H;2*3H,1-2,4-5H2;/q;;2*-1;. The predicted octanol–water partition coefficient (Wildman–Crippen LogP) is 10.5. The average molecular weight is 855 g/mol. The molecule has 0 unspecified atom stereocenters. The summed E-state index contributed by atoms with van der Waals surface area (Å²) in [5, 5.41) is 8.39. The van der Waals surface area contributed by atoms with Gasteiger partial charge in [-0.3, -0.25) is 0 Å². The molecule has 6 aromatic rings. The van der Waals surface area contributed by atoms with Crippen molar-refractivity contribution < 1.29 is 20.1 Å². The number of hydrogen-bond donors (Lipinski definition) is 0. The van der Waals surface area contributed by atoms with Gasteiger partial charge in [-0.2, -0.15) is 12.8 Å². The molecule has 0 bridgehead atoms. The molecule has 3 heteroatoms. The van der Waals surface area contributed by atoms with Crippen molar-refractivity contribution in [2.24, 2.45) is 0 Å². The summed E-state index contributed by atoms with van der Waals surface area (Å²) in [5.74, 6) is 0. The van der Waals surface area contributed by atoms with Crippen molar-refractivity contribution in [3.05, 3.63) is 221 Å². The number of allylic oxidation sites excluding steroid dienone is 2. The van der Waals surface area contributed by atoms with Crippen LogP contribution < -0.4 is 31.8 Å². The second-order valence-corrected chi connectivity index (χ2v) is 15.0. The van der Waals surface area contributed by atoms with E-state index < -0.39 is 15.8 Å². The molecule has 6 aromatic carbocycles. The first-order chi connectivity index (χ1) is 23.7. The Morgan fingerprint density at radius 1 is 0.347 bits per heavy atom. The van der Waals surface area contributed by atoms with Crippen molar-refractivity contribution in [2.45, 2.75) is 25.7 Å². The van der Waals surface area contributed by atoms with Gasteiger partial charge in [-0.05, 0) is 47.7 Å². The summed E-state index contributed by atoms with van der Waals surface area (Å²) in [4.78, 5) is 0. The Morgan fingerprint density at radius 2 is 0.510 bits per heavy atom. The summed E-state index contributed by atoms with van der Waals surface area (Å²) < 4.78 is 0. The number of benzene rings is 6. The molecule has 0 N–H and O–H groups in total. The van der Waals surface area contributed by atoms with E-state index in [1.165, 1.54) is 31.8 Å². The molecule has 0 aliphatic carbocycles. The predicted molar refractivity (Wildman–Crippen MR) is 220 cm³/mol. The van der Waals surface area contributed by atoms with Crippen LogP contribution in [0.5, 0.6) is 0 Å². The second-order valence-electron chi connectivity index (χ2n) is 10.5. The SMILES string of the molecule is C=CCC[CH2-].C=CCC[CH2-].[Ir].c1ccc(P(c2ccccc2)c2ccccc2)cc1.c1ccc(P(c2ccccc2)c2ccccc2)cc1. The molecule has 0 fully saturated rings. The molecule has 0 amide bonds. The minimum atomic E-state index is -0.446. The van der Waals surface area contributed by atoms with Gasteiger partial charge in [0.15, 0.2) is 0 Å². The van der Waals surface area contributed by atoms with E-state index in [4.69, 9.17) is 0 Å². The molecular weight excluding hydrogens is 807 g/mol. The third-order valence-corrected chi connectivity index (χ3v) is 11.8. The largest absolute Gasteiger partial charge is 0.343 e. The van der Waals surface area contributed by atoms with Crippen LogP contribution in [0.2, 0.25) is 0 Å². The fourth-order valence-electron chi connectivity index (χ4n) is 4.65. The quantitative estimate of drug-likeness (QED) is 0.0732. The number of unbranched alkanes of at least 4 members (excludes halogenated alkanes) is 2. The zero-order chi connectivity index (χ0) is 34.1. The first-order valence-electron chi connectivity index (χ1n) is 16.4. The van der Waals surface area contributed by atoms with Crippen LogP contribution in [0.3, 0.4) is 0 Å². The maximum Gasteiger partial charge on any atom is 0 e. The zero-order valence-corrected chi connectivity index (χ0v) is 32.5. The van der Waals surface area contributed by atoms with Gasteiger partial charge < -0.3 is 13.8 Å². The Morgan fingerprint density at radius 3 is 0.612 bits per heavy atom. The third kappa shape index (κ3) is 15.2. The monoisotopic (exact) mass is 855 g/mol. The van der Waals surface area contributed by atoms with Crippen LogP contribution >= 0.6 is 15.8 Å². The van der Waals surface area contributed by atoms with Gasteiger partial charge >= 0.3 is 0 Å². The van der Waals surface area contributed by atoms with Gasteiger partial charge in [0.2, 0.25) is 0 Å². The van der Waals surface area contributed by atoms with Gasteiger partial charge in [-0.15, -0.1) is 13.2 Å². The molecule has 0 saturated carbocycles. The summed E-state index contributed by atoms with van der Waals surface area (Å²) in [5.41, 5.74) is 0. The van der Waals surface area contributed by atoms with Crippen LogP contribution in [0.15, 0.2) is 207 Å². The van der Waals surface area contributed by atoms with E-state index in [9.17, 15) is 0 Å². The van der Waals surface area contributed by atoms with Crippen molar-refractivity contribution in [2.75, 3.05) is 0 Å². The summed E-state index contributed by atoms with van der Waals surface area (Å²) in [7, 11) is -0.892. The molecule has 0 aliphatic heterocycles. The van der Waals surface area contributed by atoms with E-state index in [1.54, 1.807) is 0 Å². The maximum absolute atomic E-state index is 3.60. The van der Waals surface area contributed by atoms with Gasteiger partial charge in [0, 0.05) is 20.1 Å². The molecule has 253 valence electrons. The van der Waals surface area contributed by atoms with Crippen LogP contribution in [-0.4, -0.2) is 0 Å². The van der Waals surface area contributed by atoms with Gasteiger partial charge in [0.25, 0.3) is 0 Å². The summed E-state index contributed by atoms with van der Waals surface area (Å²) in [6.45, 7) is 14.2. The van der Waals surface area contributed by atoms with Crippen molar-refractivity contribution in [1.29, 1.82) is 0 Å². The maximum atomic E-state index is 3.60. The van der Waals surface area contributed by atoms with Crippen LogP contribution in [0.1, 0.15) is 25.7 Å². The molecule has 0 aliphatic rings. The molecule has 0 spiro atoms. The first-order valence-corrected chi connectivity index (χ1v) is 19.1. The van der Waals surface area contributed by atoms with Crippen molar-refractivity contribution in [1.82, 2.24) is 0 Å². The van der Waals surface area contributed by atoms with Crippen molar-refractivity contribution in [3.8, 4) is 0 Å². The van der Waals surface area contributed by atoms with Crippen LogP contribution in [0, 0.1) is 13.8 Å². The third-order valence-electron chi connectivity index (χ3n) is 6.90. The summed E-state index contributed by atoms with van der Waals surface area (Å²) in [6, 6.07) is 64.7. The Balaban J connectivity index is 0.000000264. The molecule has 6 rings (SSSR count). The molecule has 0 atom stereocenters. The smallest absolute Gasteiger partial charge is 0 e. The Kier molecular flexibility index (Phi) is 22.2. The molecule has 0 nitrogen and oxygen atoms in total.